The highest BCUT2D eigenvalue weighted by Gasteiger charge is 2.59. The number of anilines is 1. The average Bonchev–Trinajstić information content (AvgIpc) is 3.23. The van der Waals surface area contributed by atoms with Gasteiger partial charge >= 0.3 is 0 Å². The average molecular weight is 450 g/mol. The van der Waals surface area contributed by atoms with Crippen LogP contribution in [0.15, 0.2) is 23.1 Å². The second-order valence-electron chi connectivity index (χ2n) is 10.1. The highest BCUT2D eigenvalue weighted by molar-refractivity contribution is 7.89. The van der Waals surface area contributed by atoms with Crippen LogP contribution in [0.25, 0.3) is 0 Å². The normalized spacial score (nSPS) is 30.3. The lowest BCUT2D eigenvalue weighted by molar-refractivity contribution is 0.0729. The lowest BCUT2D eigenvalue weighted by Gasteiger charge is -2.43. The van der Waals surface area contributed by atoms with Crippen LogP contribution < -0.4 is 10.6 Å². The van der Waals surface area contributed by atoms with Crippen LogP contribution in [0.4, 0.5) is 5.69 Å². The fraction of sp³-hybridized carbons (Fsp3) is 0.696. The zero-order chi connectivity index (χ0) is 22.4. The second kappa shape index (κ2) is 8.05. The predicted octanol–water partition coefficient (Wildman–Crippen LogP) is 3.08. The van der Waals surface area contributed by atoms with Gasteiger partial charge in [-0.3, -0.25) is 4.79 Å². The van der Waals surface area contributed by atoms with Crippen molar-refractivity contribution in [2.45, 2.75) is 57.9 Å². The number of rotatable bonds is 6. The van der Waals surface area contributed by atoms with Gasteiger partial charge in [0.25, 0.3) is 5.91 Å². The van der Waals surface area contributed by atoms with Gasteiger partial charge in [-0.2, -0.15) is 4.31 Å². The summed E-state index contributed by atoms with van der Waals surface area (Å²) in [6.45, 7) is 10.7. The third-order valence-corrected chi connectivity index (χ3v) is 9.68. The number of benzene rings is 1. The molecule has 1 aromatic rings. The number of carbonyl (C=O) groups is 1. The molecule has 8 heteroatoms. The van der Waals surface area contributed by atoms with Crippen molar-refractivity contribution in [3.05, 3.63) is 23.8 Å². The van der Waals surface area contributed by atoms with E-state index in [1.165, 1.54) is 16.8 Å². The Kier molecular flexibility index (Phi) is 5.85. The number of nitrogens with zero attached hydrogens (tertiary/aromatic N) is 1. The molecule has 2 unspecified atom stereocenters. The van der Waals surface area contributed by atoms with Gasteiger partial charge in [0.05, 0.1) is 18.9 Å². The van der Waals surface area contributed by atoms with Crippen molar-refractivity contribution in [3.8, 4) is 0 Å². The molecule has 1 aromatic carbocycles. The standard InChI is InChI=1S/C23H35N3O4S/c1-5-24-18-7-6-16(14-19(18)31(28,29)26-10-12-30-13-11-26)20(27)25-21-22(2,3)17-8-9-23(21,4)15-17/h6-7,14,17,21,24H,5,8-13,15H2,1-4H3,(H,25,27)/t17-,21?,23?/m1/s1. The molecule has 1 saturated heterocycles. The van der Waals surface area contributed by atoms with E-state index in [1.807, 2.05) is 6.92 Å². The molecule has 172 valence electrons. The number of amides is 1. The van der Waals surface area contributed by atoms with E-state index in [9.17, 15) is 13.2 Å². The maximum atomic E-state index is 13.4. The Morgan fingerprint density at radius 2 is 1.94 bits per heavy atom. The zero-order valence-corrected chi connectivity index (χ0v) is 19.8. The van der Waals surface area contributed by atoms with Gasteiger partial charge in [0.2, 0.25) is 10.0 Å². The Bertz CT molecular complexity index is 951. The molecule has 1 amide bonds. The summed E-state index contributed by atoms with van der Waals surface area (Å²) in [5.74, 6) is 0.421. The van der Waals surface area contributed by atoms with Crippen molar-refractivity contribution in [2.75, 3.05) is 38.2 Å². The number of sulfonamides is 1. The molecule has 1 heterocycles. The molecule has 4 rings (SSSR count). The number of ether oxygens (including phenoxy) is 1. The van der Waals surface area contributed by atoms with E-state index < -0.39 is 10.0 Å². The molecule has 3 atom stereocenters. The molecule has 31 heavy (non-hydrogen) atoms. The summed E-state index contributed by atoms with van der Waals surface area (Å²) in [5.41, 5.74) is 1.05. The molecule has 0 spiro atoms. The van der Waals surface area contributed by atoms with Gasteiger partial charge in [-0.25, -0.2) is 8.42 Å². The van der Waals surface area contributed by atoms with Crippen LogP contribution in [-0.2, 0) is 14.8 Å². The summed E-state index contributed by atoms with van der Waals surface area (Å²) in [5, 5.41) is 6.41. The van der Waals surface area contributed by atoms with Gasteiger partial charge in [0.15, 0.2) is 0 Å². The maximum Gasteiger partial charge on any atom is 0.251 e. The minimum atomic E-state index is -3.73. The number of fused-ring (bicyclic) bond motifs is 2. The maximum absolute atomic E-state index is 13.4. The molecule has 1 aliphatic heterocycles. The van der Waals surface area contributed by atoms with Gasteiger partial charge in [0.1, 0.15) is 4.90 Å². The van der Waals surface area contributed by atoms with E-state index in [1.54, 1.807) is 12.1 Å². The molecular weight excluding hydrogens is 414 g/mol. The Morgan fingerprint density at radius 3 is 2.55 bits per heavy atom. The van der Waals surface area contributed by atoms with Crippen LogP contribution >= 0.6 is 0 Å². The number of hydrogen-bond donors (Lipinski definition) is 2. The van der Waals surface area contributed by atoms with E-state index in [-0.39, 0.29) is 27.7 Å². The second-order valence-corrected chi connectivity index (χ2v) is 12.0. The van der Waals surface area contributed by atoms with E-state index in [4.69, 9.17) is 4.74 Å². The highest BCUT2D eigenvalue weighted by atomic mass is 32.2. The molecule has 2 saturated carbocycles. The third-order valence-electron chi connectivity index (χ3n) is 7.74. The molecule has 0 aromatic heterocycles. The van der Waals surface area contributed by atoms with Crippen molar-refractivity contribution in [1.82, 2.24) is 9.62 Å². The first kappa shape index (κ1) is 22.6. The lowest BCUT2D eigenvalue weighted by atomic mass is 9.68. The number of nitrogens with one attached hydrogen (secondary N) is 2. The van der Waals surface area contributed by atoms with Crippen molar-refractivity contribution >= 4 is 21.6 Å². The van der Waals surface area contributed by atoms with Crippen LogP contribution in [-0.4, -0.2) is 57.5 Å². The van der Waals surface area contributed by atoms with Crippen LogP contribution in [0.5, 0.6) is 0 Å². The Labute approximate surface area is 186 Å². The minimum Gasteiger partial charge on any atom is -0.384 e. The van der Waals surface area contributed by atoms with Crippen molar-refractivity contribution in [3.63, 3.8) is 0 Å². The summed E-state index contributed by atoms with van der Waals surface area (Å²) in [6.07, 6.45) is 3.48. The Balaban J connectivity index is 1.63. The first-order valence-corrected chi connectivity index (χ1v) is 12.8. The van der Waals surface area contributed by atoms with Gasteiger partial charge in [-0.1, -0.05) is 20.8 Å². The molecular formula is C23H35N3O4S. The van der Waals surface area contributed by atoms with Gasteiger partial charge in [-0.15, -0.1) is 0 Å². The first-order valence-electron chi connectivity index (χ1n) is 11.4. The molecule has 2 aliphatic carbocycles. The van der Waals surface area contributed by atoms with Crippen molar-refractivity contribution in [1.29, 1.82) is 0 Å². The Morgan fingerprint density at radius 1 is 1.23 bits per heavy atom. The van der Waals surface area contributed by atoms with Gasteiger partial charge in [-0.05, 0) is 61.1 Å². The van der Waals surface area contributed by atoms with Crippen LogP contribution in [0.2, 0.25) is 0 Å². The van der Waals surface area contributed by atoms with Gasteiger partial charge < -0.3 is 15.4 Å². The van der Waals surface area contributed by atoms with E-state index in [2.05, 4.69) is 31.4 Å². The summed E-state index contributed by atoms with van der Waals surface area (Å²) >= 11 is 0. The number of morpholine rings is 1. The van der Waals surface area contributed by atoms with E-state index in [0.29, 0.717) is 50.0 Å². The zero-order valence-electron chi connectivity index (χ0n) is 19.0. The van der Waals surface area contributed by atoms with Crippen LogP contribution in [0, 0.1) is 16.7 Å². The van der Waals surface area contributed by atoms with Crippen molar-refractivity contribution in [2.24, 2.45) is 16.7 Å². The summed E-state index contributed by atoms with van der Waals surface area (Å²) in [6, 6.07) is 5.04. The topological polar surface area (TPSA) is 87.7 Å². The summed E-state index contributed by atoms with van der Waals surface area (Å²) < 4.78 is 33.5. The predicted molar refractivity (Wildman–Crippen MR) is 121 cm³/mol. The van der Waals surface area contributed by atoms with Crippen LogP contribution in [0.3, 0.4) is 0 Å². The Hall–Kier alpha value is -1.64. The molecule has 3 aliphatic rings. The molecule has 0 radical (unpaired) electrons. The molecule has 7 nitrogen and oxygen atoms in total. The molecule has 3 fully saturated rings. The SMILES string of the molecule is CCNc1ccc(C(=O)NC2C3(C)CC[C@H](C3)C2(C)C)cc1S(=O)(=O)N1CCOCC1. The quantitative estimate of drug-likeness (QED) is 0.697. The largest absolute Gasteiger partial charge is 0.384 e. The smallest absolute Gasteiger partial charge is 0.251 e. The van der Waals surface area contributed by atoms with Gasteiger partial charge in [0, 0.05) is 31.2 Å². The first-order chi connectivity index (χ1) is 14.6. The highest BCUT2D eigenvalue weighted by Crippen LogP contribution is 2.62. The van der Waals surface area contributed by atoms with Crippen molar-refractivity contribution < 1.29 is 17.9 Å². The number of carbonyl (C=O) groups excluding carboxylic acids is 1. The fourth-order valence-corrected chi connectivity index (χ4v) is 7.62. The third kappa shape index (κ3) is 3.87. The van der Waals surface area contributed by atoms with E-state index in [0.717, 1.165) is 12.8 Å². The monoisotopic (exact) mass is 449 g/mol. The van der Waals surface area contributed by atoms with E-state index >= 15 is 0 Å². The summed E-state index contributed by atoms with van der Waals surface area (Å²) in [7, 11) is -3.73. The van der Waals surface area contributed by atoms with Crippen LogP contribution in [0.1, 0.15) is 57.3 Å². The summed E-state index contributed by atoms with van der Waals surface area (Å²) in [4.78, 5) is 13.4. The fourth-order valence-electron chi connectivity index (χ4n) is 6.02. The number of hydrogen-bond acceptors (Lipinski definition) is 5. The lowest BCUT2D eigenvalue weighted by Crippen LogP contribution is -2.52. The molecule has 2 bridgehead atoms. The minimum absolute atomic E-state index is 0.0368. The molecule has 2 N–H and O–H groups in total.